The summed E-state index contributed by atoms with van der Waals surface area (Å²) in [4.78, 5) is 32.7. The van der Waals surface area contributed by atoms with Crippen LogP contribution >= 0.6 is 0 Å². The van der Waals surface area contributed by atoms with Gasteiger partial charge in [0, 0.05) is 26.2 Å². The van der Waals surface area contributed by atoms with Crippen molar-refractivity contribution < 1.29 is 29.7 Å². The third-order valence-electron chi connectivity index (χ3n) is 2.12. The summed E-state index contributed by atoms with van der Waals surface area (Å²) in [6.07, 6.45) is 0. The predicted molar refractivity (Wildman–Crippen MR) is 65.1 cm³/mol. The Labute approximate surface area is 110 Å². The summed E-state index contributed by atoms with van der Waals surface area (Å²) in [5, 5.41) is 30.8. The first-order valence-corrected chi connectivity index (χ1v) is 5.71. The minimum absolute atomic E-state index is 0.177. The molecule has 0 atom stereocenters. The summed E-state index contributed by atoms with van der Waals surface area (Å²) in [6.45, 7) is 0.888. The molecule has 0 aliphatic rings. The molecule has 0 bridgehead atoms. The lowest BCUT2D eigenvalue weighted by atomic mass is 10.4. The van der Waals surface area contributed by atoms with Gasteiger partial charge in [0.2, 0.25) is 0 Å². The molecule has 0 saturated carbocycles. The van der Waals surface area contributed by atoms with Gasteiger partial charge in [-0.3, -0.25) is 19.3 Å². The molecular formula is C10H19N3O6. The summed E-state index contributed by atoms with van der Waals surface area (Å²) in [5.74, 6) is -2.95. The first-order chi connectivity index (χ1) is 8.91. The Bertz CT molecular complexity index is 288. The number of carboxylic acids is 3. The second kappa shape index (κ2) is 10.2. The largest absolute Gasteiger partial charge is 0.480 e. The molecule has 0 saturated heterocycles. The Morgan fingerprint density at radius 2 is 1.21 bits per heavy atom. The summed E-state index contributed by atoms with van der Waals surface area (Å²) < 4.78 is 0. The fraction of sp³-hybridized carbons (Fsp3) is 0.700. The minimum Gasteiger partial charge on any atom is -0.480 e. The first kappa shape index (κ1) is 17.3. The third-order valence-corrected chi connectivity index (χ3v) is 2.12. The van der Waals surface area contributed by atoms with E-state index in [0.29, 0.717) is 26.2 Å². The van der Waals surface area contributed by atoms with Crippen LogP contribution in [0.15, 0.2) is 0 Å². The van der Waals surface area contributed by atoms with Crippen LogP contribution in [0.4, 0.5) is 0 Å². The highest BCUT2D eigenvalue weighted by Crippen LogP contribution is 1.86. The summed E-state index contributed by atoms with van der Waals surface area (Å²) >= 11 is 0. The fourth-order valence-electron chi connectivity index (χ4n) is 1.33. The zero-order valence-corrected chi connectivity index (χ0v) is 10.5. The van der Waals surface area contributed by atoms with Crippen molar-refractivity contribution in [2.75, 3.05) is 45.8 Å². The maximum absolute atomic E-state index is 10.6. The molecular weight excluding hydrogens is 258 g/mol. The molecule has 0 aliphatic carbocycles. The average Bonchev–Trinajstić information content (AvgIpc) is 2.28. The quantitative estimate of drug-likeness (QED) is 0.250. The molecule has 0 amide bonds. The molecule has 9 heteroatoms. The van der Waals surface area contributed by atoms with Crippen molar-refractivity contribution in [1.29, 1.82) is 0 Å². The Hall–Kier alpha value is -1.71. The molecule has 0 aromatic heterocycles. The zero-order valence-electron chi connectivity index (χ0n) is 10.5. The standard InChI is InChI=1S/C10H19N3O6/c14-8(15)5-11-1-3-13(7-10(18)19)4-2-12-6-9(16)17/h11-12H,1-7H2,(H,14,15)(H,16,17)(H,18,19). The van der Waals surface area contributed by atoms with Crippen molar-refractivity contribution in [3.63, 3.8) is 0 Å². The van der Waals surface area contributed by atoms with Crippen molar-refractivity contribution in [2.45, 2.75) is 0 Å². The maximum atomic E-state index is 10.6. The molecule has 110 valence electrons. The molecule has 0 aromatic rings. The van der Waals surface area contributed by atoms with E-state index in [1.54, 1.807) is 4.90 Å². The molecule has 0 fully saturated rings. The van der Waals surface area contributed by atoms with E-state index in [1.165, 1.54) is 0 Å². The van der Waals surface area contributed by atoms with E-state index in [-0.39, 0.29) is 19.6 Å². The van der Waals surface area contributed by atoms with Crippen molar-refractivity contribution in [1.82, 2.24) is 15.5 Å². The molecule has 0 aromatic carbocycles. The Kier molecular flexibility index (Phi) is 9.31. The van der Waals surface area contributed by atoms with Crippen LogP contribution < -0.4 is 10.6 Å². The first-order valence-electron chi connectivity index (χ1n) is 5.71. The SMILES string of the molecule is O=C(O)CNCCN(CCNCC(=O)O)CC(=O)O. The lowest BCUT2D eigenvalue weighted by molar-refractivity contribution is -0.139. The molecule has 5 N–H and O–H groups in total. The molecule has 0 radical (unpaired) electrons. The van der Waals surface area contributed by atoms with Gasteiger partial charge in [0.05, 0.1) is 19.6 Å². The van der Waals surface area contributed by atoms with E-state index in [4.69, 9.17) is 15.3 Å². The van der Waals surface area contributed by atoms with Gasteiger partial charge in [0.1, 0.15) is 0 Å². The number of carboxylic acid groups (broad SMARTS) is 3. The lowest BCUT2D eigenvalue weighted by Gasteiger charge is -2.20. The van der Waals surface area contributed by atoms with Crippen LogP contribution in [0.25, 0.3) is 0 Å². The zero-order chi connectivity index (χ0) is 14.7. The van der Waals surface area contributed by atoms with Gasteiger partial charge >= 0.3 is 17.9 Å². The smallest absolute Gasteiger partial charge is 0.317 e. The minimum atomic E-state index is -0.989. The molecule has 0 rings (SSSR count). The summed E-state index contributed by atoms with van der Waals surface area (Å²) in [5.41, 5.74) is 0. The lowest BCUT2D eigenvalue weighted by Crippen LogP contribution is -2.41. The third kappa shape index (κ3) is 12.5. The van der Waals surface area contributed by atoms with Crippen molar-refractivity contribution in [2.24, 2.45) is 0 Å². The van der Waals surface area contributed by atoms with Crippen molar-refractivity contribution in [3.05, 3.63) is 0 Å². The fourth-order valence-corrected chi connectivity index (χ4v) is 1.33. The number of rotatable bonds is 12. The van der Waals surface area contributed by atoms with Gasteiger partial charge < -0.3 is 26.0 Å². The van der Waals surface area contributed by atoms with Crippen LogP contribution in [0, 0.1) is 0 Å². The van der Waals surface area contributed by atoms with Crippen LogP contribution in [0.2, 0.25) is 0 Å². The van der Waals surface area contributed by atoms with Gasteiger partial charge in [-0.05, 0) is 0 Å². The van der Waals surface area contributed by atoms with Gasteiger partial charge in [-0.1, -0.05) is 0 Å². The van der Waals surface area contributed by atoms with E-state index in [2.05, 4.69) is 10.6 Å². The number of carbonyl (C=O) groups is 3. The van der Waals surface area contributed by atoms with Gasteiger partial charge in [-0.2, -0.15) is 0 Å². The van der Waals surface area contributed by atoms with E-state index < -0.39 is 17.9 Å². The maximum Gasteiger partial charge on any atom is 0.317 e. The van der Waals surface area contributed by atoms with Gasteiger partial charge in [-0.25, -0.2) is 0 Å². The number of hydrogen-bond acceptors (Lipinski definition) is 6. The summed E-state index contributed by atoms with van der Waals surface area (Å²) in [7, 11) is 0. The topological polar surface area (TPSA) is 139 Å². The summed E-state index contributed by atoms with van der Waals surface area (Å²) in [6, 6.07) is 0. The second-order valence-corrected chi connectivity index (χ2v) is 3.81. The van der Waals surface area contributed by atoms with Crippen LogP contribution in [-0.4, -0.2) is 83.9 Å². The molecule has 9 nitrogen and oxygen atoms in total. The van der Waals surface area contributed by atoms with Crippen LogP contribution in [0.3, 0.4) is 0 Å². The number of aliphatic carboxylic acids is 3. The van der Waals surface area contributed by atoms with E-state index in [0.717, 1.165) is 0 Å². The van der Waals surface area contributed by atoms with E-state index in [9.17, 15) is 14.4 Å². The highest BCUT2D eigenvalue weighted by Gasteiger charge is 2.09. The van der Waals surface area contributed by atoms with Gasteiger partial charge in [-0.15, -0.1) is 0 Å². The molecule has 19 heavy (non-hydrogen) atoms. The van der Waals surface area contributed by atoms with Crippen molar-refractivity contribution in [3.8, 4) is 0 Å². The molecule has 0 aliphatic heterocycles. The van der Waals surface area contributed by atoms with Crippen LogP contribution in [-0.2, 0) is 14.4 Å². The monoisotopic (exact) mass is 277 g/mol. The van der Waals surface area contributed by atoms with Crippen LogP contribution in [0.5, 0.6) is 0 Å². The molecule has 0 heterocycles. The van der Waals surface area contributed by atoms with E-state index in [1.807, 2.05) is 0 Å². The van der Waals surface area contributed by atoms with Gasteiger partial charge in [0.15, 0.2) is 0 Å². The number of hydrogen-bond donors (Lipinski definition) is 5. The average molecular weight is 277 g/mol. The second-order valence-electron chi connectivity index (χ2n) is 3.81. The Morgan fingerprint density at radius 3 is 1.53 bits per heavy atom. The Morgan fingerprint density at radius 1 is 0.789 bits per heavy atom. The highest BCUT2D eigenvalue weighted by atomic mass is 16.4. The highest BCUT2D eigenvalue weighted by molar-refractivity contribution is 5.69. The van der Waals surface area contributed by atoms with E-state index >= 15 is 0 Å². The van der Waals surface area contributed by atoms with Crippen molar-refractivity contribution >= 4 is 17.9 Å². The number of nitrogens with one attached hydrogen (secondary N) is 2. The van der Waals surface area contributed by atoms with Gasteiger partial charge in [0.25, 0.3) is 0 Å². The predicted octanol–water partition coefficient (Wildman–Crippen LogP) is -2.28. The number of nitrogens with zero attached hydrogens (tertiary/aromatic N) is 1. The molecule has 0 unspecified atom stereocenters. The molecule has 0 spiro atoms. The Balaban J connectivity index is 3.84. The normalized spacial score (nSPS) is 10.6. The van der Waals surface area contributed by atoms with Crippen LogP contribution in [0.1, 0.15) is 0 Å².